The summed E-state index contributed by atoms with van der Waals surface area (Å²) in [7, 11) is 0. The largest absolute Gasteiger partial charge is 0.397 e. The second-order valence-electron chi connectivity index (χ2n) is 5.61. The average molecular weight is 269 g/mol. The smallest absolute Gasteiger partial charge is 0.227 e. The summed E-state index contributed by atoms with van der Waals surface area (Å²) >= 11 is 0. The van der Waals surface area contributed by atoms with E-state index in [-0.39, 0.29) is 11.8 Å². The summed E-state index contributed by atoms with van der Waals surface area (Å²) in [6.45, 7) is 2.15. The number of nitrogens with two attached hydrogens (primary N) is 1. The molecule has 0 bridgehead atoms. The Bertz CT molecular complexity index is 653. The van der Waals surface area contributed by atoms with E-state index in [1.165, 1.54) is 0 Å². The molecule has 0 saturated heterocycles. The Morgan fingerprint density at radius 1 is 1.35 bits per heavy atom. The van der Waals surface area contributed by atoms with Crippen molar-refractivity contribution in [3.8, 4) is 0 Å². The minimum Gasteiger partial charge on any atom is -0.397 e. The van der Waals surface area contributed by atoms with Crippen LogP contribution >= 0.6 is 0 Å². The van der Waals surface area contributed by atoms with Crippen LogP contribution in [0.4, 0.5) is 11.4 Å². The normalized spacial score (nSPS) is 22.1. The molecule has 3 N–H and O–H groups in total. The zero-order chi connectivity index (χ0) is 14.1. The second kappa shape index (κ2) is 5.12. The lowest BCUT2D eigenvalue weighted by atomic mass is 9.97. The fourth-order valence-electron chi connectivity index (χ4n) is 3.06. The van der Waals surface area contributed by atoms with Crippen LogP contribution in [0.2, 0.25) is 0 Å². The van der Waals surface area contributed by atoms with Crippen molar-refractivity contribution >= 4 is 28.2 Å². The van der Waals surface area contributed by atoms with Gasteiger partial charge in [0.25, 0.3) is 0 Å². The molecule has 104 valence electrons. The molecule has 0 aliphatic heterocycles. The van der Waals surface area contributed by atoms with Gasteiger partial charge < -0.3 is 11.1 Å². The molecule has 1 aromatic heterocycles. The Hall–Kier alpha value is -2.10. The quantitative estimate of drug-likeness (QED) is 0.823. The second-order valence-corrected chi connectivity index (χ2v) is 5.61. The Balaban J connectivity index is 1.91. The van der Waals surface area contributed by atoms with Gasteiger partial charge in [-0.15, -0.1) is 0 Å². The van der Waals surface area contributed by atoms with Gasteiger partial charge in [0.05, 0.1) is 16.9 Å². The topological polar surface area (TPSA) is 68.0 Å². The van der Waals surface area contributed by atoms with Gasteiger partial charge in [-0.25, -0.2) is 0 Å². The van der Waals surface area contributed by atoms with E-state index >= 15 is 0 Å². The number of carbonyl (C=O) groups is 1. The third-order valence-electron chi connectivity index (χ3n) is 4.26. The van der Waals surface area contributed by atoms with Crippen molar-refractivity contribution in [2.75, 3.05) is 11.1 Å². The van der Waals surface area contributed by atoms with Crippen LogP contribution in [-0.2, 0) is 4.79 Å². The standard InChI is InChI=1S/C16H19N3O/c1-10-4-2-5-11(10)16(20)19-14-8-7-13(17)15-12(14)6-3-9-18-15/h3,6-11H,2,4-5,17H2,1H3,(H,19,20). The van der Waals surface area contributed by atoms with Crippen LogP contribution in [0.3, 0.4) is 0 Å². The molecular formula is C16H19N3O. The molecule has 0 radical (unpaired) electrons. The summed E-state index contributed by atoms with van der Waals surface area (Å²) in [6.07, 6.45) is 4.98. The molecule has 1 aliphatic carbocycles. The maximum Gasteiger partial charge on any atom is 0.227 e. The maximum atomic E-state index is 12.4. The van der Waals surface area contributed by atoms with Crippen LogP contribution in [-0.4, -0.2) is 10.9 Å². The van der Waals surface area contributed by atoms with Crippen LogP contribution in [0.25, 0.3) is 10.9 Å². The fourth-order valence-corrected chi connectivity index (χ4v) is 3.06. The van der Waals surface area contributed by atoms with Crippen molar-refractivity contribution in [3.63, 3.8) is 0 Å². The van der Waals surface area contributed by atoms with Gasteiger partial charge in [-0.2, -0.15) is 0 Å². The zero-order valence-corrected chi connectivity index (χ0v) is 11.6. The molecule has 1 heterocycles. The van der Waals surface area contributed by atoms with Crippen LogP contribution in [0.5, 0.6) is 0 Å². The number of nitrogens with one attached hydrogen (secondary N) is 1. The Kier molecular flexibility index (Phi) is 3.30. The molecule has 4 nitrogen and oxygen atoms in total. The van der Waals surface area contributed by atoms with Crippen molar-refractivity contribution in [3.05, 3.63) is 30.5 Å². The molecule has 1 saturated carbocycles. The Morgan fingerprint density at radius 2 is 2.20 bits per heavy atom. The van der Waals surface area contributed by atoms with Crippen molar-refractivity contribution < 1.29 is 4.79 Å². The molecular weight excluding hydrogens is 250 g/mol. The Morgan fingerprint density at radius 3 is 2.95 bits per heavy atom. The number of nitrogen functional groups attached to an aromatic ring is 1. The van der Waals surface area contributed by atoms with Crippen molar-refractivity contribution in [1.82, 2.24) is 4.98 Å². The number of pyridine rings is 1. The van der Waals surface area contributed by atoms with E-state index in [1.54, 1.807) is 12.3 Å². The summed E-state index contributed by atoms with van der Waals surface area (Å²) < 4.78 is 0. The summed E-state index contributed by atoms with van der Waals surface area (Å²) in [5.74, 6) is 0.706. The average Bonchev–Trinajstić information content (AvgIpc) is 2.88. The van der Waals surface area contributed by atoms with Crippen LogP contribution < -0.4 is 11.1 Å². The lowest BCUT2D eigenvalue weighted by Crippen LogP contribution is -2.24. The van der Waals surface area contributed by atoms with E-state index in [9.17, 15) is 4.79 Å². The predicted molar refractivity (Wildman–Crippen MR) is 81.3 cm³/mol. The van der Waals surface area contributed by atoms with Gasteiger partial charge in [0, 0.05) is 17.5 Å². The van der Waals surface area contributed by atoms with Gasteiger partial charge in [0.2, 0.25) is 5.91 Å². The highest BCUT2D eigenvalue weighted by Gasteiger charge is 2.29. The third kappa shape index (κ3) is 2.22. The number of nitrogens with zero attached hydrogens (tertiary/aromatic N) is 1. The number of benzene rings is 1. The third-order valence-corrected chi connectivity index (χ3v) is 4.26. The summed E-state index contributed by atoms with van der Waals surface area (Å²) in [4.78, 5) is 16.7. The van der Waals surface area contributed by atoms with E-state index < -0.39 is 0 Å². The number of amides is 1. The summed E-state index contributed by atoms with van der Waals surface area (Å²) in [6, 6.07) is 7.45. The molecule has 2 aromatic rings. The molecule has 4 heteroatoms. The fraction of sp³-hybridized carbons (Fsp3) is 0.375. The molecule has 20 heavy (non-hydrogen) atoms. The zero-order valence-electron chi connectivity index (χ0n) is 11.6. The van der Waals surface area contributed by atoms with Gasteiger partial charge in [0.15, 0.2) is 0 Å². The SMILES string of the molecule is CC1CCCC1C(=O)Nc1ccc(N)c2ncccc12. The summed E-state index contributed by atoms with van der Waals surface area (Å²) in [5, 5.41) is 3.94. The predicted octanol–water partition coefficient (Wildman–Crippen LogP) is 3.19. The number of rotatable bonds is 2. The first-order valence-electron chi connectivity index (χ1n) is 7.11. The van der Waals surface area contributed by atoms with E-state index in [1.807, 2.05) is 18.2 Å². The van der Waals surface area contributed by atoms with Gasteiger partial charge >= 0.3 is 0 Å². The minimum atomic E-state index is 0.116. The van der Waals surface area contributed by atoms with E-state index in [2.05, 4.69) is 17.2 Å². The first kappa shape index (κ1) is 12.9. The monoisotopic (exact) mass is 269 g/mol. The molecule has 1 amide bonds. The van der Waals surface area contributed by atoms with Crippen LogP contribution in [0, 0.1) is 11.8 Å². The van der Waals surface area contributed by atoms with Crippen molar-refractivity contribution in [1.29, 1.82) is 0 Å². The van der Waals surface area contributed by atoms with Crippen molar-refractivity contribution in [2.24, 2.45) is 11.8 Å². The molecule has 1 aliphatic rings. The first-order chi connectivity index (χ1) is 9.66. The van der Waals surface area contributed by atoms with Gasteiger partial charge in [-0.1, -0.05) is 13.3 Å². The summed E-state index contributed by atoms with van der Waals surface area (Å²) in [5.41, 5.74) is 8.10. The van der Waals surface area contributed by atoms with Gasteiger partial charge in [0.1, 0.15) is 0 Å². The van der Waals surface area contributed by atoms with Gasteiger partial charge in [-0.3, -0.25) is 9.78 Å². The van der Waals surface area contributed by atoms with Crippen LogP contribution in [0.15, 0.2) is 30.5 Å². The molecule has 3 rings (SSSR count). The molecule has 0 spiro atoms. The highest BCUT2D eigenvalue weighted by Crippen LogP contribution is 2.33. The van der Waals surface area contributed by atoms with E-state index in [4.69, 9.17) is 5.73 Å². The number of hydrogen-bond donors (Lipinski definition) is 2. The van der Waals surface area contributed by atoms with E-state index in [0.29, 0.717) is 11.6 Å². The van der Waals surface area contributed by atoms with E-state index in [0.717, 1.165) is 35.9 Å². The highest BCUT2D eigenvalue weighted by atomic mass is 16.1. The molecule has 2 unspecified atom stereocenters. The lowest BCUT2D eigenvalue weighted by Gasteiger charge is -2.16. The number of carbonyl (C=O) groups excluding carboxylic acids is 1. The number of fused-ring (bicyclic) bond motifs is 1. The minimum absolute atomic E-state index is 0.116. The van der Waals surface area contributed by atoms with Crippen LogP contribution in [0.1, 0.15) is 26.2 Å². The van der Waals surface area contributed by atoms with Gasteiger partial charge in [-0.05, 0) is 43.0 Å². The highest BCUT2D eigenvalue weighted by molar-refractivity contribution is 6.05. The molecule has 1 fully saturated rings. The molecule has 1 aromatic carbocycles. The number of anilines is 2. The number of hydrogen-bond acceptors (Lipinski definition) is 3. The molecule has 2 atom stereocenters. The first-order valence-corrected chi connectivity index (χ1v) is 7.11. The lowest BCUT2D eigenvalue weighted by molar-refractivity contribution is -0.120. The Labute approximate surface area is 118 Å². The number of aromatic nitrogens is 1. The van der Waals surface area contributed by atoms with Crippen molar-refractivity contribution in [2.45, 2.75) is 26.2 Å². The maximum absolute atomic E-state index is 12.4.